The molecule has 0 radical (unpaired) electrons. The van der Waals surface area contributed by atoms with Crippen LogP contribution < -0.4 is 0 Å². The van der Waals surface area contributed by atoms with Gasteiger partial charge in [-0.25, -0.2) is 0 Å². The predicted octanol–water partition coefficient (Wildman–Crippen LogP) is -1.45. The number of rotatable bonds is 2. The van der Waals surface area contributed by atoms with Crippen molar-refractivity contribution in [2.45, 2.75) is 8.87 Å². The van der Waals surface area contributed by atoms with E-state index in [4.69, 9.17) is 0 Å². The normalized spacial score (nSPS) is 10.4. The van der Waals surface area contributed by atoms with Crippen molar-refractivity contribution in [1.29, 1.82) is 0 Å². The monoisotopic (exact) mass is 285 g/mol. The van der Waals surface area contributed by atoms with E-state index in [2.05, 4.69) is 0 Å². The van der Waals surface area contributed by atoms with Gasteiger partial charge in [0.2, 0.25) is 0 Å². The summed E-state index contributed by atoms with van der Waals surface area (Å²) in [5, 5.41) is 0. The average molecular weight is 285 g/mol. The molecule has 0 fully saturated rings. The first-order valence-corrected chi connectivity index (χ1v) is 7.90. The van der Waals surface area contributed by atoms with Crippen molar-refractivity contribution in [3.63, 3.8) is 0 Å². The van der Waals surface area contributed by atoms with Crippen molar-refractivity contribution >= 4 is 20.5 Å². The van der Waals surface area contributed by atoms with Gasteiger partial charge >= 0.3 is 47.9 Å². The van der Waals surface area contributed by atoms with Crippen molar-refractivity contribution < 1.29 is 18.6 Å². The summed E-state index contributed by atoms with van der Waals surface area (Å²) in [6, 6.07) is 0. The zero-order valence-corrected chi connectivity index (χ0v) is 10.0. The molecule has 0 saturated heterocycles. The van der Waals surface area contributed by atoms with E-state index in [1.807, 2.05) is 0 Å². The molecule has 0 aromatic heterocycles. The van der Waals surface area contributed by atoms with Crippen LogP contribution in [0, 0.1) is 0 Å². The molecule has 0 saturated carbocycles. The van der Waals surface area contributed by atoms with Gasteiger partial charge in [-0.3, -0.25) is 0 Å². The molecule has 5 heavy (non-hydrogen) atoms. The van der Waals surface area contributed by atoms with Gasteiger partial charge < -0.3 is 0 Å². The van der Waals surface area contributed by atoms with Gasteiger partial charge in [0.15, 0.2) is 0 Å². The zero-order valence-electron chi connectivity index (χ0n) is 3.73. The van der Waals surface area contributed by atoms with Gasteiger partial charge in [0.05, 0.1) is 0 Å². The van der Waals surface area contributed by atoms with E-state index in [-0.39, 0.29) is 0 Å². The Morgan fingerprint density at radius 1 is 1.20 bits per heavy atom. The van der Waals surface area contributed by atoms with E-state index in [9.17, 15) is 0 Å². The molecule has 0 rings (SSSR count). The maximum atomic E-state index is 1.63. The minimum absolute atomic E-state index is 0.747. The molecule has 0 heterocycles. The van der Waals surface area contributed by atoms with E-state index in [1.54, 1.807) is 8.87 Å². The van der Waals surface area contributed by atoms with Crippen molar-refractivity contribution in [2.24, 2.45) is 0 Å². The average Bonchev–Trinajstić information content (AvgIpc) is 1.41. The summed E-state index contributed by atoms with van der Waals surface area (Å²) in [6.45, 7) is 0. The zero-order chi connectivity index (χ0) is 4.12. The summed E-state index contributed by atoms with van der Waals surface area (Å²) >= 11 is 0.747. The van der Waals surface area contributed by atoms with Crippen LogP contribution in [-0.2, 0) is 18.6 Å². The van der Waals surface area contributed by atoms with Gasteiger partial charge in [0.1, 0.15) is 0 Å². The molecule has 0 amide bonds. The second-order valence-electron chi connectivity index (χ2n) is 0.605. The van der Waals surface area contributed by atoms with Crippen LogP contribution in [0.5, 0.6) is 0 Å². The first kappa shape index (κ1) is 6.12. The summed E-state index contributed by atoms with van der Waals surface area (Å²) in [7, 11) is 2.94. The molecule has 0 atom stereocenters. The van der Waals surface area contributed by atoms with Crippen molar-refractivity contribution in [3.05, 3.63) is 0 Å². The van der Waals surface area contributed by atoms with Crippen molar-refractivity contribution in [2.75, 3.05) is 0 Å². The Balaban J connectivity index is 2.19. The van der Waals surface area contributed by atoms with Crippen LogP contribution in [0.25, 0.3) is 0 Å². The molecule has 3 heteroatoms. The fourth-order valence-corrected chi connectivity index (χ4v) is 11.6. The molecule has 0 N–H and O–H groups in total. The molecule has 0 aromatic carbocycles. The third-order valence-electron chi connectivity index (χ3n) is 0.316. The molecule has 0 aliphatic carbocycles. The van der Waals surface area contributed by atoms with Gasteiger partial charge in [0, 0.05) is 0 Å². The Morgan fingerprint density at radius 2 is 1.60 bits per heavy atom. The van der Waals surface area contributed by atoms with Gasteiger partial charge in [-0.2, -0.15) is 0 Å². The minimum atomic E-state index is 0.747. The van der Waals surface area contributed by atoms with Crippen LogP contribution in [0.2, 0.25) is 8.87 Å². The summed E-state index contributed by atoms with van der Waals surface area (Å²) in [4.78, 5) is 0. The van der Waals surface area contributed by atoms with Gasteiger partial charge in [-0.1, -0.05) is 0 Å². The van der Waals surface area contributed by atoms with E-state index >= 15 is 0 Å². The van der Waals surface area contributed by atoms with E-state index in [1.165, 1.54) is 20.5 Å². The third-order valence-corrected chi connectivity index (χ3v) is 7.77. The number of hydrogen-bond donors (Lipinski definition) is 0. The van der Waals surface area contributed by atoms with E-state index in [0.29, 0.717) is 0 Å². The predicted molar refractivity (Wildman–Crippen MR) is 29.5 cm³/mol. The molecule has 0 aromatic rings. The Labute approximate surface area is 48.1 Å². The van der Waals surface area contributed by atoms with Crippen LogP contribution in [0.1, 0.15) is 0 Å². The topological polar surface area (TPSA) is 0 Å². The third kappa shape index (κ3) is 5.12. The van der Waals surface area contributed by atoms with E-state index < -0.39 is 0 Å². The Kier molecular flexibility index (Phi) is 6.27. The fraction of sp³-hybridized carbons (Fsp3) is 1.00. The fourth-order valence-electron chi connectivity index (χ4n) is 0.158. The second-order valence-corrected chi connectivity index (χ2v) is 12.3. The van der Waals surface area contributed by atoms with Crippen LogP contribution in [0.3, 0.4) is 0 Å². The SMILES string of the molecule is [SiH3][CH2][Pt][CH2][SiH3]. The Bertz CT molecular complexity index is 15.1. The standard InChI is InChI=1S/2CH5Si.Pt/c2*1-2;/h2*1H2,2H3;. The molecule has 0 spiro atoms. The first-order valence-electron chi connectivity index (χ1n) is 1.86. The molecular weight excluding hydrogens is 275 g/mol. The second kappa shape index (κ2) is 5.12. The van der Waals surface area contributed by atoms with Crippen LogP contribution in [0.4, 0.5) is 0 Å². The molecule has 0 bridgehead atoms. The van der Waals surface area contributed by atoms with Crippen molar-refractivity contribution in [1.82, 2.24) is 0 Å². The molecule has 0 nitrogen and oxygen atoms in total. The summed E-state index contributed by atoms with van der Waals surface area (Å²) in [6.07, 6.45) is 0. The Morgan fingerprint density at radius 3 is 1.60 bits per heavy atom. The number of hydrogen-bond acceptors (Lipinski definition) is 0. The van der Waals surface area contributed by atoms with Crippen LogP contribution in [-0.4, -0.2) is 20.5 Å². The quantitative estimate of drug-likeness (QED) is 0.545. The van der Waals surface area contributed by atoms with Crippen LogP contribution >= 0.6 is 0 Å². The summed E-state index contributed by atoms with van der Waals surface area (Å²) in [5.41, 5.74) is 0. The van der Waals surface area contributed by atoms with Gasteiger partial charge in [0.25, 0.3) is 0 Å². The van der Waals surface area contributed by atoms with Gasteiger partial charge in [-0.05, 0) is 0 Å². The molecule has 0 aliphatic heterocycles. The molecule has 36 valence electrons. The summed E-state index contributed by atoms with van der Waals surface area (Å²) < 4.78 is 3.26. The first-order chi connectivity index (χ1) is 2.41. The molecule has 0 aliphatic rings. The molecular formula is C2H10PtSi2. The molecule has 0 unspecified atom stereocenters. The van der Waals surface area contributed by atoms with Gasteiger partial charge in [-0.15, -0.1) is 0 Å². The van der Waals surface area contributed by atoms with Crippen LogP contribution in [0.15, 0.2) is 0 Å². The Hall–Kier alpha value is 1.12. The van der Waals surface area contributed by atoms with E-state index in [0.717, 1.165) is 18.6 Å². The maximum absolute atomic E-state index is 1.63. The summed E-state index contributed by atoms with van der Waals surface area (Å²) in [5.74, 6) is 0. The van der Waals surface area contributed by atoms with Crippen molar-refractivity contribution in [3.8, 4) is 0 Å².